The lowest BCUT2D eigenvalue weighted by Crippen LogP contribution is -2.38. The highest BCUT2D eigenvalue weighted by Gasteiger charge is 2.26. The van der Waals surface area contributed by atoms with Crippen LogP contribution in [-0.2, 0) is 25.8 Å². The van der Waals surface area contributed by atoms with E-state index in [2.05, 4.69) is 26.0 Å². The number of rotatable bonds is 6. The number of hydrogen-bond donors (Lipinski definition) is 0. The number of hydrogen-bond acceptors (Lipinski definition) is 6. The maximum atomic E-state index is 13.3. The van der Waals surface area contributed by atoms with Crippen molar-refractivity contribution in [2.75, 3.05) is 24.3 Å². The van der Waals surface area contributed by atoms with Crippen molar-refractivity contribution in [2.45, 2.75) is 44.1 Å². The summed E-state index contributed by atoms with van der Waals surface area (Å²) in [5.74, 6) is -0.0740. The Hall–Kier alpha value is -2.29. The minimum Gasteiger partial charge on any atom is -0.376 e. The smallest absolute Gasteiger partial charge is 0.233 e. The fourth-order valence-corrected chi connectivity index (χ4v) is 5.39. The average molecular weight is 459 g/mol. The van der Waals surface area contributed by atoms with Crippen molar-refractivity contribution in [2.24, 2.45) is 0 Å². The van der Waals surface area contributed by atoms with E-state index >= 15 is 0 Å². The molecule has 1 unspecified atom stereocenters. The van der Waals surface area contributed by atoms with Gasteiger partial charge in [-0.1, -0.05) is 23.5 Å². The zero-order chi connectivity index (χ0) is 22.2. The number of fused-ring (bicyclic) bond motifs is 1. The summed E-state index contributed by atoms with van der Waals surface area (Å²) < 4.78 is 30.2. The zero-order valence-electron chi connectivity index (χ0n) is 17.9. The van der Waals surface area contributed by atoms with Crippen LogP contribution in [0.15, 0.2) is 41.3 Å². The molecule has 1 amide bonds. The molecule has 3 aromatic rings. The second kappa shape index (κ2) is 8.68. The van der Waals surface area contributed by atoms with Gasteiger partial charge in [0.2, 0.25) is 5.91 Å². The molecule has 8 heteroatoms. The number of nitrogens with zero attached hydrogens (tertiary/aromatic N) is 2. The molecule has 0 N–H and O–H groups in total. The highest BCUT2D eigenvalue weighted by molar-refractivity contribution is 7.90. The molecule has 0 aliphatic carbocycles. The number of sulfone groups is 1. The van der Waals surface area contributed by atoms with Crippen LogP contribution in [0.25, 0.3) is 10.2 Å². The van der Waals surface area contributed by atoms with Crippen LogP contribution in [0.2, 0.25) is 0 Å². The van der Waals surface area contributed by atoms with E-state index in [0.717, 1.165) is 35.2 Å². The van der Waals surface area contributed by atoms with E-state index in [1.807, 2.05) is 0 Å². The van der Waals surface area contributed by atoms with Crippen molar-refractivity contribution >= 4 is 42.4 Å². The Labute approximate surface area is 186 Å². The number of carbonyl (C=O) groups excluding carboxylic acids is 1. The normalized spacial score (nSPS) is 16.7. The summed E-state index contributed by atoms with van der Waals surface area (Å²) in [6, 6.07) is 10.7. The molecular weight excluding hydrogens is 432 g/mol. The van der Waals surface area contributed by atoms with Crippen LogP contribution in [-0.4, -0.2) is 44.8 Å². The lowest BCUT2D eigenvalue weighted by molar-refractivity contribution is -0.118. The first kappa shape index (κ1) is 21.9. The Balaban J connectivity index is 1.62. The summed E-state index contributed by atoms with van der Waals surface area (Å²) in [7, 11) is -3.27. The molecule has 1 aliphatic heterocycles. The number of amides is 1. The first-order valence-electron chi connectivity index (χ1n) is 10.3. The molecule has 31 heavy (non-hydrogen) atoms. The topological polar surface area (TPSA) is 76.6 Å². The summed E-state index contributed by atoms with van der Waals surface area (Å²) in [5.41, 5.74) is 4.03. The van der Waals surface area contributed by atoms with E-state index in [0.29, 0.717) is 11.7 Å². The summed E-state index contributed by atoms with van der Waals surface area (Å²) in [6.45, 7) is 5.32. The van der Waals surface area contributed by atoms with Gasteiger partial charge in [0.25, 0.3) is 0 Å². The molecule has 0 spiro atoms. The van der Waals surface area contributed by atoms with Crippen molar-refractivity contribution in [1.29, 1.82) is 0 Å². The van der Waals surface area contributed by atoms with Gasteiger partial charge < -0.3 is 4.74 Å². The molecule has 2 heterocycles. The van der Waals surface area contributed by atoms with Gasteiger partial charge in [0.05, 0.1) is 34.2 Å². The molecule has 164 valence electrons. The van der Waals surface area contributed by atoms with Crippen LogP contribution in [0.1, 0.15) is 29.5 Å². The van der Waals surface area contributed by atoms with Crippen LogP contribution in [0, 0.1) is 13.8 Å². The molecular formula is C23H26N2O4S2. The van der Waals surface area contributed by atoms with Gasteiger partial charge in [0, 0.05) is 12.9 Å². The number of benzene rings is 2. The van der Waals surface area contributed by atoms with Crippen molar-refractivity contribution in [3.05, 3.63) is 53.1 Å². The number of carbonyl (C=O) groups is 1. The average Bonchev–Trinajstić information content (AvgIpc) is 3.35. The molecule has 1 fully saturated rings. The third-order valence-electron chi connectivity index (χ3n) is 5.64. The number of anilines is 1. The molecule has 1 aromatic heterocycles. The molecule has 0 radical (unpaired) electrons. The van der Waals surface area contributed by atoms with E-state index in [1.165, 1.54) is 28.7 Å². The van der Waals surface area contributed by atoms with Crippen molar-refractivity contribution < 1.29 is 17.9 Å². The highest BCUT2D eigenvalue weighted by Crippen LogP contribution is 2.32. The number of thiazole rings is 1. The van der Waals surface area contributed by atoms with E-state index in [9.17, 15) is 13.2 Å². The van der Waals surface area contributed by atoms with Gasteiger partial charge >= 0.3 is 0 Å². The summed E-state index contributed by atoms with van der Waals surface area (Å²) in [6.07, 6.45) is 3.28. The van der Waals surface area contributed by atoms with Gasteiger partial charge in [-0.05, 0) is 67.6 Å². The van der Waals surface area contributed by atoms with E-state index < -0.39 is 9.84 Å². The van der Waals surface area contributed by atoms with Crippen molar-refractivity contribution in [3.63, 3.8) is 0 Å². The lowest BCUT2D eigenvalue weighted by atomic mass is 10.1. The van der Waals surface area contributed by atoms with Crippen LogP contribution in [0.4, 0.5) is 5.13 Å². The summed E-state index contributed by atoms with van der Waals surface area (Å²) in [4.78, 5) is 20.0. The van der Waals surface area contributed by atoms with Crippen molar-refractivity contribution in [3.8, 4) is 0 Å². The second-order valence-corrected chi connectivity index (χ2v) is 11.2. The van der Waals surface area contributed by atoms with Crippen molar-refractivity contribution in [1.82, 2.24) is 4.98 Å². The fourth-order valence-electron chi connectivity index (χ4n) is 3.69. The second-order valence-electron chi connectivity index (χ2n) is 8.13. The largest absolute Gasteiger partial charge is 0.376 e. The molecule has 1 atom stereocenters. The van der Waals surface area contributed by atoms with Gasteiger partial charge in [-0.3, -0.25) is 9.69 Å². The first-order chi connectivity index (χ1) is 14.7. The zero-order valence-corrected chi connectivity index (χ0v) is 19.6. The maximum absolute atomic E-state index is 13.3. The molecule has 6 nitrogen and oxygen atoms in total. The minimum atomic E-state index is -3.27. The molecule has 2 aromatic carbocycles. The van der Waals surface area contributed by atoms with Crippen LogP contribution >= 0.6 is 11.3 Å². The molecule has 1 aliphatic rings. The Morgan fingerprint density at radius 2 is 1.90 bits per heavy atom. The summed E-state index contributed by atoms with van der Waals surface area (Å²) >= 11 is 1.52. The Kier molecular flexibility index (Phi) is 6.14. The molecule has 1 saturated heterocycles. The molecule has 0 bridgehead atoms. The number of ether oxygens (including phenoxy) is 1. The molecule has 4 rings (SSSR count). The Morgan fingerprint density at radius 3 is 2.55 bits per heavy atom. The highest BCUT2D eigenvalue weighted by atomic mass is 32.2. The number of aromatic nitrogens is 1. The predicted octanol–water partition coefficient (Wildman–Crippen LogP) is 4.07. The van der Waals surface area contributed by atoms with E-state index in [1.54, 1.807) is 29.2 Å². The Morgan fingerprint density at radius 1 is 1.19 bits per heavy atom. The SMILES string of the molecule is Cc1cc2nc(N(CC3CCCO3)C(=O)Cc3ccc(S(C)(=O)=O)cc3)sc2cc1C. The maximum Gasteiger partial charge on any atom is 0.233 e. The first-order valence-corrected chi connectivity index (χ1v) is 13.0. The standard InChI is InChI=1S/C23H26N2O4S2/c1-15-11-20-21(12-16(15)2)30-23(24-20)25(14-18-5-4-10-29-18)22(26)13-17-6-8-19(9-7-17)31(3,27)28/h6-9,11-12,18H,4-5,10,13-14H2,1-3H3. The third-order valence-corrected chi connectivity index (χ3v) is 7.81. The quantitative estimate of drug-likeness (QED) is 0.557. The fraction of sp³-hybridized carbons (Fsp3) is 0.391. The summed E-state index contributed by atoms with van der Waals surface area (Å²) in [5, 5.41) is 0.674. The van der Waals surface area contributed by atoms with Crippen LogP contribution in [0.5, 0.6) is 0 Å². The van der Waals surface area contributed by atoms with Gasteiger partial charge in [0.1, 0.15) is 0 Å². The minimum absolute atomic E-state index is 0.00652. The van der Waals surface area contributed by atoms with Gasteiger partial charge in [-0.2, -0.15) is 0 Å². The number of aryl methyl sites for hydroxylation is 2. The van der Waals surface area contributed by atoms with Crippen LogP contribution < -0.4 is 4.90 Å². The Bertz CT molecular complexity index is 1170. The van der Waals surface area contributed by atoms with Gasteiger partial charge in [-0.25, -0.2) is 13.4 Å². The van der Waals surface area contributed by atoms with Gasteiger partial charge in [-0.15, -0.1) is 0 Å². The lowest BCUT2D eigenvalue weighted by Gasteiger charge is -2.23. The molecule has 0 saturated carbocycles. The van der Waals surface area contributed by atoms with Crippen LogP contribution in [0.3, 0.4) is 0 Å². The monoisotopic (exact) mass is 458 g/mol. The third kappa shape index (κ3) is 4.97. The van der Waals surface area contributed by atoms with E-state index in [4.69, 9.17) is 9.72 Å². The van der Waals surface area contributed by atoms with E-state index in [-0.39, 0.29) is 23.3 Å². The predicted molar refractivity (Wildman–Crippen MR) is 124 cm³/mol. The van der Waals surface area contributed by atoms with Gasteiger partial charge in [0.15, 0.2) is 15.0 Å².